The maximum absolute atomic E-state index is 12.7. The summed E-state index contributed by atoms with van der Waals surface area (Å²) < 4.78 is 0.844. The third-order valence-electron chi connectivity index (χ3n) is 4.92. The second-order valence-electron chi connectivity index (χ2n) is 6.65. The van der Waals surface area contributed by atoms with Crippen molar-refractivity contribution in [2.75, 3.05) is 16.8 Å². The Bertz CT molecular complexity index is 862. The summed E-state index contributed by atoms with van der Waals surface area (Å²) in [5.41, 5.74) is 3.81. The van der Waals surface area contributed by atoms with E-state index < -0.39 is 5.92 Å². The molecule has 0 bridgehead atoms. The van der Waals surface area contributed by atoms with E-state index in [0.717, 1.165) is 34.1 Å². The molecule has 0 radical (unpaired) electrons. The van der Waals surface area contributed by atoms with Crippen molar-refractivity contribution in [3.05, 3.63) is 57.0 Å². The smallest absolute Gasteiger partial charge is 0.229 e. The van der Waals surface area contributed by atoms with Gasteiger partial charge in [-0.3, -0.25) is 9.59 Å². The summed E-state index contributed by atoms with van der Waals surface area (Å²) in [6.07, 6.45) is 1.90. The molecule has 0 aliphatic carbocycles. The van der Waals surface area contributed by atoms with Crippen LogP contribution in [-0.2, 0) is 22.4 Å². The number of aryl methyl sites for hydroxylation is 2. The van der Waals surface area contributed by atoms with Crippen LogP contribution in [0.1, 0.15) is 31.4 Å². The number of carbonyl (C=O) groups is 2. The van der Waals surface area contributed by atoms with Crippen LogP contribution < -0.4 is 10.2 Å². The molecule has 0 spiro atoms. The average Bonchev–Trinajstić information content (AvgIpc) is 3.04. The molecule has 1 atom stereocenters. The fourth-order valence-corrected chi connectivity index (χ4v) is 4.21. The van der Waals surface area contributed by atoms with Crippen molar-refractivity contribution in [3.8, 4) is 0 Å². The predicted molar refractivity (Wildman–Crippen MR) is 113 cm³/mol. The first-order valence-corrected chi connectivity index (χ1v) is 10.3. The molecule has 0 unspecified atom stereocenters. The number of benzene rings is 2. The summed E-state index contributed by atoms with van der Waals surface area (Å²) >= 11 is 9.54. The van der Waals surface area contributed by atoms with Gasteiger partial charge in [0.05, 0.1) is 16.6 Å². The highest BCUT2D eigenvalue weighted by atomic mass is 79.9. The van der Waals surface area contributed by atoms with E-state index in [0.29, 0.717) is 17.3 Å². The van der Waals surface area contributed by atoms with Gasteiger partial charge in [0.25, 0.3) is 0 Å². The molecule has 1 fully saturated rings. The van der Waals surface area contributed by atoms with Crippen LogP contribution >= 0.6 is 27.5 Å². The van der Waals surface area contributed by atoms with Gasteiger partial charge in [0, 0.05) is 23.1 Å². The van der Waals surface area contributed by atoms with Crippen molar-refractivity contribution in [1.29, 1.82) is 0 Å². The zero-order valence-electron chi connectivity index (χ0n) is 15.4. The van der Waals surface area contributed by atoms with Crippen molar-refractivity contribution in [3.63, 3.8) is 0 Å². The highest BCUT2D eigenvalue weighted by Gasteiger charge is 2.36. The number of nitrogens with one attached hydrogen (secondary N) is 1. The van der Waals surface area contributed by atoms with Gasteiger partial charge in [0.2, 0.25) is 11.8 Å². The Morgan fingerprint density at radius 3 is 2.48 bits per heavy atom. The van der Waals surface area contributed by atoms with Crippen molar-refractivity contribution in [2.45, 2.75) is 33.1 Å². The van der Waals surface area contributed by atoms with Gasteiger partial charge < -0.3 is 10.2 Å². The first-order valence-electron chi connectivity index (χ1n) is 9.11. The Morgan fingerprint density at radius 1 is 1.22 bits per heavy atom. The molecule has 6 heteroatoms. The van der Waals surface area contributed by atoms with Gasteiger partial charge in [-0.1, -0.05) is 59.6 Å². The Labute approximate surface area is 173 Å². The summed E-state index contributed by atoms with van der Waals surface area (Å²) in [5.74, 6) is -0.582. The van der Waals surface area contributed by atoms with Crippen LogP contribution in [0.2, 0.25) is 5.02 Å². The monoisotopic (exact) mass is 448 g/mol. The Morgan fingerprint density at radius 2 is 1.89 bits per heavy atom. The second kappa shape index (κ2) is 8.44. The summed E-state index contributed by atoms with van der Waals surface area (Å²) in [6.45, 7) is 4.56. The molecule has 1 aliphatic rings. The molecule has 2 aromatic carbocycles. The van der Waals surface area contributed by atoms with Crippen molar-refractivity contribution in [2.24, 2.45) is 5.92 Å². The fraction of sp³-hybridized carbons (Fsp3) is 0.333. The number of halogens is 2. The molecule has 4 nitrogen and oxygen atoms in total. The van der Waals surface area contributed by atoms with Crippen molar-refractivity contribution >= 4 is 50.7 Å². The lowest BCUT2D eigenvalue weighted by Crippen LogP contribution is -2.29. The first kappa shape index (κ1) is 19.9. The minimum Gasteiger partial charge on any atom is -0.324 e. The molecular formula is C21H22BrClN2O2. The van der Waals surface area contributed by atoms with Crippen LogP contribution in [0.5, 0.6) is 0 Å². The Kier molecular flexibility index (Phi) is 6.22. The van der Waals surface area contributed by atoms with E-state index >= 15 is 0 Å². The molecule has 0 aromatic heterocycles. The van der Waals surface area contributed by atoms with E-state index in [4.69, 9.17) is 11.6 Å². The Hall–Kier alpha value is -1.85. The fourth-order valence-electron chi connectivity index (χ4n) is 3.49. The van der Waals surface area contributed by atoms with Crippen LogP contribution in [0.3, 0.4) is 0 Å². The maximum atomic E-state index is 12.7. The second-order valence-corrected chi connectivity index (χ2v) is 7.97. The van der Waals surface area contributed by atoms with Crippen LogP contribution in [-0.4, -0.2) is 18.4 Å². The molecule has 1 saturated heterocycles. The zero-order valence-corrected chi connectivity index (χ0v) is 17.7. The quantitative estimate of drug-likeness (QED) is 0.680. The summed E-state index contributed by atoms with van der Waals surface area (Å²) in [5, 5.41) is 3.32. The molecule has 3 rings (SSSR count). The van der Waals surface area contributed by atoms with Gasteiger partial charge in [-0.15, -0.1) is 0 Å². The molecule has 1 heterocycles. The number of para-hydroxylation sites is 1. The van der Waals surface area contributed by atoms with E-state index in [9.17, 15) is 9.59 Å². The average molecular weight is 450 g/mol. The normalized spacial score (nSPS) is 16.7. The van der Waals surface area contributed by atoms with Gasteiger partial charge >= 0.3 is 0 Å². The number of amides is 2. The lowest BCUT2D eigenvalue weighted by atomic mass is 10.0. The van der Waals surface area contributed by atoms with Crippen LogP contribution in [0.15, 0.2) is 40.9 Å². The van der Waals surface area contributed by atoms with Crippen LogP contribution in [0.25, 0.3) is 0 Å². The van der Waals surface area contributed by atoms with Crippen LogP contribution in [0.4, 0.5) is 11.4 Å². The molecule has 2 aromatic rings. The summed E-state index contributed by atoms with van der Waals surface area (Å²) in [7, 11) is 0. The summed E-state index contributed by atoms with van der Waals surface area (Å²) in [6, 6.07) is 11.4. The number of hydrogen-bond donors (Lipinski definition) is 1. The third-order valence-corrected chi connectivity index (χ3v) is 5.73. The lowest BCUT2D eigenvalue weighted by Gasteiger charge is -2.23. The topological polar surface area (TPSA) is 49.4 Å². The molecule has 2 amide bonds. The van der Waals surface area contributed by atoms with Crippen molar-refractivity contribution in [1.82, 2.24) is 0 Å². The van der Waals surface area contributed by atoms with Gasteiger partial charge in [-0.05, 0) is 42.2 Å². The number of hydrogen-bond acceptors (Lipinski definition) is 2. The van der Waals surface area contributed by atoms with E-state index in [1.807, 2.05) is 12.1 Å². The highest BCUT2D eigenvalue weighted by molar-refractivity contribution is 9.10. The summed E-state index contributed by atoms with van der Waals surface area (Å²) in [4.78, 5) is 27.2. The van der Waals surface area contributed by atoms with Gasteiger partial charge in [-0.25, -0.2) is 0 Å². The SMILES string of the molecule is CCc1cccc(CC)c1N1C[C@H](C(=O)Nc2ccc(Br)cc2Cl)CC1=O. The third kappa shape index (κ3) is 4.19. The van der Waals surface area contributed by atoms with E-state index in [2.05, 4.69) is 47.2 Å². The molecule has 142 valence electrons. The largest absolute Gasteiger partial charge is 0.324 e. The van der Waals surface area contributed by atoms with Crippen LogP contribution in [0, 0.1) is 5.92 Å². The minimum absolute atomic E-state index is 0.00680. The van der Waals surface area contributed by atoms with E-state index in [-0.39, 0.29) is 18.2 Å². The standard InChI is InChI=1S/C21H22BrClN2O2/c1-3-13-6-5-7-14(4-2)20(13)25-12-15(10-19(25)26)21(27)24-18-9-8-16(22)11-17(18)23/h5-9,11,15H,3-4,10,12H2,1-2H3,(H,24,27)/t15-/m1/s1. The highest BCUT2D eigenvalue weighted by Crippen LogP contribution is 2.33. The molecule has 1 N–H and O–H groups in total. The van der Waals surface area contributed by atoms with Crippen molar-refractivity contribution < 1.29 is 9.59 Å². The first-order chi connectivity index (χ1) is 12.9. The molecular weight excluding hydrogens is 428 g/mol. The number of nitrogens with zero attached hydrogens (tertiary/aromatic N) is 1. The molecule has 1 aliphatic heterocycles. The van der Waals surface area contributed by atoms with E-state index in [1.54, 1.807) is 17.0 Å². The predicted octanol–water partition coefficient (Wildman–Crippen LogP) is 5.22. The van der Waals surface area contributed by atoms with Gasteiger partial charge in [0.15, 0.2) is 0 Å². The zero-order chi connectivity index (χ0) is 19.6. The minimum atomic E-state index is -0.396. The number of rotatable bonds is 5. The van der Waals surface area contributed by atoms with Gasteiger partial charge in [-0.2, -0.15) is 0 Å². The molecule has 0 saturated carbocycles. The number of carbonyl (C=O) groups excluding carboxylic acids is 2. The van der Waals surface area contributed by atoms with E-state index in [1.165, 1.54) is 0 Å². The Balaban J connectivity index is 1.80. The maximum Gasteiger partial charge on any atom is 0.229 e. The lowest BCUT2D eigenvalue weighted by molar-refractivity contribution is -0.122. The van der Waals surface area contributed by atoms with Gasteiger partial charge in [0.1, 0.15) is 0 Å². The molecule has 27 heavy (non-hydrogen) atoms. The number of anilines is 2.